The molecule has 2 aromatic carbocycles. The maximum Gasteiger partial charge on any atom is 0.162 e. The van der Waals surface area contributed by atoms with E-state index in [1.165, 1.54) is 0 Å². The average Bonchev–Trinajstić information content (AvgIpc) is 3.24. The highest BCUT2D eigenvalue weighted by atomic mass is 32.2. The second kappa shape index (κ2) is 8.99. The number of aryl methyl sites for hydroxylation is 1. The maximum absolute atomic E-state index is 13.2. The lowest BCUT2D eigenvalue weighted by Crippen LogP contribution is -1.96. The minimum absolute atomic E-state index is 0.445. The molecule has 0 saturated heterocycles. The molecule has 0 aliphatic carbocycles. The molecule has 0 radical (unpaired) electrons. The summed E-state index contributed by atoms with van der Waals surface area (Å²) in [7, 11) is -0.941. The molecule has 0 aliphatic rings. The number of rotatable bonds is 6. The van der Waals surface area contributed by atoms with Crippen LogP contribution in [0.4, 0.5) is 5.82 Å². The third kappa shape index (κ3) is 4.68. The van der Waals surface area contributed by atoms with E-state index in [9.17, 15) is 4.21 Å². The summed E-state index contributed by atoms with van der Waals surface area (Å²) >= 11 is 1.66. The number of ether oxygens (including phenoxy) is 1. The monoisotopic (exact) mass is 449 g/mol. The highest BCUT2D eigenvalue weighted by Crippen LogP contribution is 2.38. The van der Waals surface area contributed by atoms with E-state index in [0.717, 1.165) is 38.9 Å². The number of hydrogen-bond acceptors (Lipinski definition) is 6. The molecule has 0 N–H and O–H groups in total. The normalized spacial score (nSPS) is 12.9. The van der Waals surface area contributed by atoms with Gasteiger partial charge in [0.25, 0.3) is 0 Å². The van der Waals surface area contributed by atoms with Crippen molar-refractivity contribution < 1.29 is 8.95 Å². The second-order valence-electron chi connectivity index (χ2n) is 6.98. The van der Waals surface area contributed by atoms with Gasteiger partial charge in [0, 0.05) is 22.9 Å². The van der Waals surface area contributed by atoms with E-state index < -0.39 is 9.73 Å². The second-order valence-corrected chi connectivity index (χ2v) is 10.3. The van der Waals surface area contributed by atoms with Crippen molar-refractivity contribution in [1.82, 2.24) is 9.97 Å². The van der Waals surface area contributed by atoms with Gasteiger partial charge in [-0.05, 0) is 60.5 Å². The van der Waals surface area contributed by atoms with E-state index in [1.807, 2.05) is 66.7 Å². The van der Waals surface area contributed by atoms with Crippen LogP contribution in [-0.2, 0) is 16.1 Å². The summed E-state index contributed by atoms with van der Waals surface area (Å²) in [6.45, 7) is 2.10. The molecule has 31 heavy (non-hydrogen) atoms. The van der Waals surface area contributed by atoms with Crippen molar-refractivity contribution in [2.75, 3.05) is 13.4 Å². The van der Waals surface area contributed by atoms with Gasteiger partial charge in [0.2, 0.25) is 0 Å². The highest BCUT2D eigenvalue weighted by molar-refractivity contribution is 7.93. The van der Waals surface area contributed by atoms with Crippen LogP contribution in [0.15, 0.2) is 82.2 Å². The first-order valence-electron chi connectivity index (χ1n) is 9.88. The third-order valence-electron chi connectivity index (χ3n) is 4.79. The van der Waals surface area contributed by atoms with Gasteiger partial charge >= 0.3 is 0 Å². The van der Waals surface area contributed by atoms with Gasteiger partial charge in [-0.15, -0.1) is 11.3 Å². The van der Waals surface area contributed by atoms with E-state index in [0.29, 0.717) is 10.7 Å². The van der Waals surface area contributed by atoms with E-state index in [-0.39, 0.29) is 0 Å². The zero-order chi connectivity index (χ0) is 21.8. The largest absolute Gasteiger partial charge is 0.497 e. The van der Waals surface area contributed by atoms with E-state index in [4.69, 9.17) is 9.72 Å². The molecule has 7 heteroatoms. The molecular weight excluding hydrogens is 426 g/mol. The van der Waals surface area contributed by atoms with E-state index >= 15 is 0 Å². The zero-order valence-corrected chi connectivity index (χ0v) is 19.2. The standard InChI is InChI=1S/C24H23N3O2S2/c1-4-22-26-23(17-10-12-19(29-2)13-11-17)24(30-22)18-14-15-25-21(16-18)27-31(3,28)20-8-6-5-7-9-20/h5-16H,4H2,1-3H3. The lowest BCUT2D eigenvalue weighted by molar-refractivity contribution is 0.415. The molecule has 2 heterocycles. The Balaban J connectivity index is 1.78. The molecule has 1 unspecified atom stereocenters. The van der Waals surface area contributed by atoms with Gasteiger partial charge in [0.15, 0.2) is 5.82 Å². The Kier molecular flexibility index (Phi) is 6.15. The predicted molar refractivity (Wildman–Crippen MR) is 128 cm³/mol. The van der Waals surface area contributed by atoms with Gasteiger partial charge in [-0.3, -0.25) is 0 Å². The summed E-state index contributed by atoms with van der Waals surface area (Å²) in [5.74, 6) is 1.25. The predicted octanol–water partition coefficient (Wildman–Crippen LogP) is 6.23. The van der Waals surface area contributed by atoms with Crippen LogP contribution in [0.2, 0.25) is 0 Å². The molecule has 5 nitrogen and oxygen atoms in total. The van der Waals surface area contributed by atoms with Crippen molar-refractivity contribution in [3.63, 3.8) is 0 Å². The van der Waals surface area contributed by atoms with Crippen LogP contribution < -0.4 is 4.74 Å². The van der Waals surface area contributed by atoms with Gasteiger partial charge in [0.1, 0.15) is 5.75 Å². The quantitative estimate of drug-likeness (QED) is 0.350. The number of thiazole rings is 1. The first-order chi connectivity index (χ1) is 15.0. The average molecular weight is 450 g/mol. The Morgan fingerprint density at radius 1 is 1.03 bits per heavy atom. The molecule has 0 spiro atoms. The van der Waals surface area contributed by atoms with Gasteiger partial charge in [-0.1, -0.05) is 25.1 Å². The van der Waals surface area contributed by atoms with Crippen molar-refractivity contribution in [1.29, 1.82) is 0 Å². The summed E-state index contributed by atoms with van der Waals surface area (Å²) in [6, 6.07) is 21.0. The number of hydrogen-bond donors (Lipinski definition) is 0. The van der Waals surface area contributed by atoms with Gasteiger partial charge in [0.05, 0.1) is 32.4 Å². The molecule has 0 saturated carbocycles. The van der Waals surface area contributed by atoms with Crippen LogP contribution in [0, 0.1) is 0 Å². The van der Waals surface area contributed by atoms with E-state index in [2.05, 4.69) is 16.3 Å². The summed E-state index contributed by atoms with van der Waals surface area (Å²) in [6.07, 6.45) is 4.20. The van der Waals surface area contributed by atoms with Crippen molar-refractivity contribution in [2.45, 2.75) is 18.2 Å². The highest BCUT2D eigenvalue weighted by Gasteiger charge is 2.16. The van der Waals surface area contributed by atoms with Crippen LogP contribution in [0.5, 0.6) is 5.75 Å². The van der Waals surface area contributed by atoms with Crippen LogP contribution >= 0.6 is 11.3 Å². The lowest BCUT2D eigenvalue weighted by Gasteiger charge is -2.06. The molecule has 0 aliphatic heterocycles. The van der Waals surface area contributed by atoms with Crippen LogP contribution in [0.3, 0.4) is 0 Å². The SMILES string of the molecule is CCc1nc(-c2ccc(OC)cc2)c(-c2ccnc(N=S(C)(=O)c3ccccc3)c2)s1. The summed E-state index contributed by atoms with van der Waals surface area (Å²) < 4.78 is 22.9. The molecular formula is C24H23N3O2S2. The van der Waals surface area contributed by atoms with Crippen LogP contribution in [0.25, 0.3) is 21.7 Å². The number of pyridine rings is 1. The fourth-order valence-corrected chi connectivity index (χ4v) is 5.42. The van der Waals surface area contributed by atoms with Crippen LogP contribution in [0.1, 0.15) is 11.9 Å². The third-order valence-corrected chi connectivity index (χ3v) is 7.72. The number of benzene rings is 2. The molecule has 0 bridgehead atoms. The Morgan fingerprint density at radius 2 is 1.77 bits per heavy atom. The smallest absolute Gasteiger partial charge is 0.162 e. The van der Waals surface area contributed by atoms with Crippen molar-refractivity contribution >= 4 is 26.9 Å². The van der Waals surface area contributed by atoms with Crippen molar-refractivity contribution in [2.24, 2.45) is 4.36 Å². The lowest BCUT2D eigenvalue weighted by atomic mass is 10.1. The van der Waals surface area contributed by atoms with Crippen molar-refractivity contribution in [3.05, 3.63) is 77.9 Å². The Labute approximate surface area is 187 Å². The minimum Gasteiger partial charge on any atom is -0.497 e. The number of methoxy groups -OCH3 is 1. The molecule has 4 rings (SSSR count). The summed E-state index contributed by atoms with van der Waals surface area (Å²) in [5, 5.41) is 1.06. The molecule has 4 aromatic rings. The Hall–Kier alpha value is -3.03. The zero-order valence-electron chi connectivity index (χ0n) is 17.6. The molecule has 2 aromatic heterocycles. The van der Waals surface area contributed by atoms with E-state index in [1.54, 1.807) is 30.9 Å². The molecule has 1 atom stereocenters. The van der Waals surface area contributed by atoms with Crippen molar-refractivity contribution in [3.8, 4) is 27.4 Å². The summed E-state index contributed by atoms with van der Waals surface area (Å²) in [4.78, 5) is 10.9. The van der Waals surface area contributed by atoms with Gasteiger partial charge in [-0.25, -0.2) is 14.2 Å². The number of aromatic nitrogens is 2. The summed E-state index contributed by atoms with van der Waals surface area (Å²) in [5.41, 5.74) is 2.90. The minimum atomic E-state index is -2.60. The maximum atomic E-state index is 13.2. The Morgan fingerprint density at radius 3 is 2.45 bits per heavy atom. The fraction of sp³-hybridized carbons (Fsp3) is 0.167. The molecule has 158 valence electrons. The first-order valence-corrected chi connectivity index (χ1v) is 12.6. The first kappa shape index (κ1) is 21.2. The molecule has 0 amide bonds. The fourth-order valence-electron chi connectivity index (χ4n) is 3.17. The van der Waals surface area contributed by atoms with Gasteiger partial charge < -0.3 is 4.74 Å². The van der Waals surface area contributed by atoms with Gasteiger partial charge in [-0.2, -0.15) is 4.36 Å². The Bertz CT molecular complexity index is 1310. The van der Waals surface area contributed by atoms with Crippen LogP contribution in [-0.4, -0.2) is 27.5 Å². The molecule has 0 fully saturated rings. The topological polar surface area (TPSA) is 64.4 Å². The number of nitrogens with zero attached hydrogens (tertiary/aromatic N) is 3.